The molecule has 0 aromatic heterocycles. The van der Waals surface area contributed by atoms with E-state index >= 15 is 0 Å². The molecule has 2 heteroatoms. The van der Waals surface area contributed by atoms with Gasteiger partial charge in [0.25, 0.3) is 0 Å². The summed E-state index contributed by atoms with van der Waals surface area (Å²) in [5, 5.41) is 3.24. The Morgan fingerprint density at radius 3 is 2.53 bits per heavy atom. The molecule has 104 valence electrons. The van der Waals surface area contributed by atoms with E-state index in [1.807, 2.05) is 7.05 Å². The van der Waals surface area contributed by atoms with Crippen molar-refractivity contribution in [3.63, 3.8) is 0 Å². The van der Waals surface area contributed by atoms with Crippen molar-refractivity contribution in [2.24, 2.45) is 0 Å². The predicted octanol–water partition coefficient (Wildman–Crippen LogP) is 3.44. The molecule has 0 spiro atoms. The highest BCUT2D eigenvalue weighted by atomic mass is 15.2. The van der Waals surface area contributed by atoms with E-state index < -0.39 is 0 Å². The van der Waals surface area contributed by atoms with Crippen LogP contribution in [0.1, 0.15) is 55.2 Å². The van der Waals surface area contributed by atoms with Gasteiger partial charge in [-0.2, -0.15) is 0 Å². The number of rotatable bonds is 3. The van der Waals surface area contributed by atoms with Gasteiger partial charge >= 0.3 is 0 Å². The molecule has 1 fully saturated rings. The van der Waals surface area contributed by atoms with Crippen LogP contribution in [0.5, 0.6) is 0 Å². The second-order valence-electron chi connectivity index (χ2n) is 6.18. The van der Waals surface area contributed by atoms with Gasteiger partial charge in [0.15, 0.2) is 0 Å². The van der Waals surface area contributed by atoms with Crippen molar-refractivity contribution in [3.05, 3.63) is 34.9 Å². The Hall–Kier alpha value is -0.860. The molecule has 2 nitrogen and oxygen atoms in total. The average molecular weight is 258 g/mol. The largest absolute Gasteiger partial charge is 0.316 e. The smallest absolute Gasteiger partial charge is 0.0243 e. The molecule has 1 heterocycles. The number of hydrogen-bond donors (Lipinski definition) is 1. The number of nitrogens with one attached hydrogen (secondary N) is 1. The maximum atomic E-state index is 3.24. The van der Waals surface area contributed by atoms with Crippen LogP contribution in [-0.4, -0.2) is 18.0 Å². The van der Waals surface area contributed by atoms with E-state index in [1.54, 1.807) is 11.1 Å². The van der Waals surface area contributed by atoms with Gasteiger partial charge in [0.1, 0.15) is 0 Å². The predicted molar refractivity (Wildman–Crippen MR) is 79.9 cm³/mol. The Morgan fingerprint density at radius 1 is 1.05 bits per heavy atom. The van der Waals surface area contributed by atoms with Gasteiger partial charge < -0.3 is 5.32 Å². The average Bonchev–Trinajstić information content (AvgIpc) is 2.65. The van der Waals surface area contributed by atoms with Crippen molar-refractivity contribution in [2.45, 2.75) is 64.2 Å². The molecular formula is C17H26N2. The van der Waals surface area contributed by atoms with E-state index in [1.165, 1.54) is 57.2 Å². The summed E-state index contributed by atoms with van der Waals surface area (Å²) in [5.74, 6) is 0. The number of hydrogen-bond acceptors (Lipinski definition) is 2. The van der Waals surface area contributed by atoms with Crippen LogP contribution in [0.2, 0.25) is 0 Å². The summed E-state index contributed by atoms with van der Waals surface area (Å²) >= 11 is 0. The minimum absolute atomic E-state index is 0.836. The van der Waals surface area contributed by atoms with Gasteiger partial charge in [-0.25, -0.2) is 0 Å². The van der Waals surface area contributed by atoms with E-state index in [2.05, 4.69) is 28.4 Å². The fourth-order valence-electron chi connectivity index (χ4n) is 3.67. The lowest BCUT2D eigenvalue weighted by Crippen LogP contribution is -2.29. The number of benzene rings is 1. The molecule has 0 bridgehead atoms. The Balaban J connectivity index is 1.68. The molecule has 1 saturated carbocycles. The van der Waals surface area contributed by atoms with E-state index in [9.17, 15) is 0 Å². The van der Waals surface area contributed by atoms with Crippen molar-refractivity contribution < 1.29 is 0 Å². The van der Waals surface area contributed by atoms with Gasteiger partial charge in [0, 0.05) is 25.7 Å². The molecule has 3 rings (SSSR count). The fourth-order valence-corrected chi connectivity index (χ4v) is 3.67. The van der Waals surface area contributed by atoms with Gasteiger partial charge in [-0.3, -0.25) is 4.90 Å². The first-order valence-corrected chi connectivity index (χ1v) is 7.86. The van der Waals surface area contributed by atoms with Crippen LogP contribution in [0, 0.1) is 0 Å². The first-order chi connectivity index (χ1) is 9.36. The second-order valence-corrected chi connectivity index (χ2v) is 6.18. The van der Waals surface area contributed by atoms with Gasteiger partial charge in [0.2, 0.25) is 0 Å². The molecule has 0 unspecified atom stereocenters. The first-order valence-electron chi connectivity index (χ1n) is 7.86. The summed E-state index contributed by atoms with van der Waals surface area (Å²) in [7, 11) is 2.02. The van der Waals surface area contributed by atoms with Gasteiger partial charge in [-0.05, 0) is 36.6 Å². The second kappa shape index (κ2) is 6.06. The third-order valence-electron chi connectivity index (χ3n) is 4.74. The Morgan fingerprint density at radius 2 is 1.79 bits per heavy atom. The van der Waals surface area contributed by atoms with E-state index in [0.717, 1.165) is 12.6 Å². The SMILES string of the molecule is CNCc1ccc2c(c1)CN(C1CCCCCC1)C2. The first kappa shape index (κ1) is 13.1. The summed E-state index contributed by atoms with van der Waals surface area (Å²) < 4.78 is 0. The molecule has 0 radical (unpaired) electrons. The summed E-state index contributed by atoms with van der Waals surface area (Å²) in [6.07, 6.45) is 8.59. The normalized spacial score (nSPS) is 21.3. The molecule has 1 N–H and O–H groups in total. The van der Waals surface area contributed by atoms with Crippen LogP contribution in [0.3, 0.4) is 0 Å². The molecule has 0 atom stereocenters. The molecule has 19 heavy (non-hydrogen) atoms. The lowest BCUT2D eigenvalue weighted by Gasteiger charge is -2.26. The van der Waals surface area contributed by atoms with E-state index in [-0.39, 0.29) is 0 Å². The van der Waals surface area contributed by atoms with Crippen LogP contribution >= 0.6 is 0 Å². The van der Waals surface area contributed by atoms with Gasteiger partial charge in [-0.15, -0.1) is 0 Å². The van der Waals surface area contributed by atoms with Crippen molar-refractivity contribution in [2.75, 3.05) is 7.05 Å². The summed E-state index contributed by atoms with van der Waals surface area (Å²) in [5.41, 5.74) is 4.55. The van der Waals surface area contributed by atoms with Crippen LogP contribution in [0.4, 0.5) is 0 Å². The van der Waals surface area contributed by atoms with Crippen molar-refractivity contribution >= 4 is 0 Å². The quantitative estimate of drug-likeness (QED) is 0.835. The molecule has 0 amide bonds. The van der Waals surface area contributed by atoms with Gasteiger partial charge in [-0.1, -0.05) is 43.9 Å². The van der Waals surface area contributed by atoms with Crippen LogP contribution in [-0.2, 0) is 19.6 Å². The van der Waals surface area contributed by atoms with Gasteiger partial charge in [0.05, 0.1) is 0 Å². The Labute approximate surface area is 117 Å². The molecule has 1 aliphatic heterocycles. The zero-order valence-electron chi connectivity index (χ0n) is 12.1. The monoisotopic (exact) mass is 258 g/mol. The van der Waals surface area contributed by atoms with Crippen molar-refractivity contribution in [1.82, 2.24) is 10.2 Å². The third kappa shape index (κ3) is 3.01. The molecule has 2 aliphatic rings. The highest BCUT2D eigenvalue weighted by Gasteiger charge is 2.26. The molecule has 1 aliphatic carbocycles. The zero-order valence-corrected chi connectivity index (χ0v) is 12.1. The lowest BCUT2D eigenvalue weighted by molar-refractivity contribution is 0.180. The molecule has 1 aromatic carbocycles. The third-order valence-corrected chi connectivity index (χ3v) is 4.74. The standard InChI is InChI=1S/C17H26N2/c1-18-11-14-8-9-15-12-19(13-16(15)10-14)17-6-4-2-3-5-7-17/h8-10,17-18H,2-7,11-13H2,1H3. The molecular weight excluding hydrogens is 232 g/mol. The Kier molecular flexibility index (Phi) is 4.19. The molecule has 1 aromatic rings. The number of nitrogens with zero attached hydrogens (tertiary/aromatic N) is 1. The Bertz CT molecular complexity index is 419. The summed E-state index contributed by atoms with van der Waals surface area (Å²) in [6.45, 7) is 3.34. The van der Waals surface area contributed by atoms with Crippen LogP contribution in [0.25, 0.3) is 0 Å². The summed E-state index contributed by atoms with van der Waals surface area (Å²) in [4.78, 5) is 2.72. The zero-order chi connectivity index (χ0) is 13.1. The highest BCUT2D eigenvalue weighted by molar-refractivity contribution is 5.35. The fraction of sp³-hybridized carbons (Fsp3) is 0.647. The lowest BCUT2D eigenvalue weighted by atomic mass is 10.1. The summed E-state index contributed by atoms with van der Waals surface area (Å²) in [6, 6.07) is 7.87. The van der Waals surface area contributed by atoms with Crippen molar-refractivity contribution in [3.8, 4) is 0 Å². The van der Waals surface area contributed by atoms with Crippen LogP contribution < -0.4 is 5.32 Å². The highest BCUT2D eigenvalue weighted by Crippen LogP contribution is 2.30. The topological polar surface area (TPSA) is 15.3 Å². The van der Waals surface area contributed by atoms with E-state index in [0.29, 0.717) is 0 Å². The minimum atomic E-state index is 0.836. The number of fused-ring (bicyclic) bond motifs is 1. The molecule has 0 saturated heterocycles. The van der Waals surface area contributed by atoms with Crippen molar-refractivity contribution in [1.29, 1.82) is 0 Å². The maximum absolute atomic E-state index is 3.24. The van der Waals surface area contributed by atoms with Crippen LogP contribution in [0.15, 0.2) is 18.2 Å². The van der Waals surface area contributed by atoms with E-state index in [4.69, 9.17) is 0 Å². The maximum Gasteiger partial charge on any atom is 0.0243 e. The minimum Gasteiger partial charge on any atom is -0.316 e.